The molecule has 2 atom stereocenters. The number of nitrogens with one attached hydrogen (secondary N) is 1. The first-order chi connectivity index (χ1) is 17.7. The van der Waals surface area contributed by atoms with Crippen molar-refractivity contribution >= 4 is 28.5 Å². The molecule has 11 heteroatoms. The Hall–Kier alpha value is -3.65. The molecule has 2 fully saturated rings. The van der Waals surface area contributed by atoms with Crippen LogP contribution in [0.2, 0.25) is 0 Å². The maximum absolute atomic E-state index is 15.7. The first-order valence-corrected chi connectivity index (χ1v) is 12.4. The van der Waals surface area contributed by atoms with Gasteiger partial charge in [0, 0.05) is 57.8 Å². The standard InChI is InChI=1S/C26H32FN5O5/c1-15(33)29-12-21(30(2)9-4-8-28)16-7-10-31(13-16)23-20(27)11-18-22(25(23)37-3)32(17-5-6-17)14-19(24(18)34)26(35)36/h11,14,16-17,21H,4-7,9-10,12-13H2,1-3H3,(H,29,33)(H,35,36). The quantitative estimate of drug-likeness (QED) is 0.496. The molecule has 198 valence electrons. The second-order valence-electron chi connectivity index (χ2n) is 9.84. The first kappa shape index (κ1) is 26.4. The number of carboxylic acids is 1. The number of methoxy groups -OCH3 is 1. The lowest BCUT2D eigenvalue weighted by Crippen LogP contribution is -2.47. The van der Waals surface area contributed by atoms with Gasteiger partial charge in [-0.2, -0.15) is 5.26 Å². The number of hydrogen-bond acceptors (Lipinski definition) is 7. The number of nitriles is 1. The Labute approximate surface area is 214 Å². The van der Waals surface area contributed by atoms with Crippen LogP contribution in [0.15, 0.2) is 17.1 Å². The van der Waals surface area contributed by atoms with Crippen LogP contribution in [0, 0.1) is 23.1 Å². The van der Waals surface area contributed by atoms with Crippen LogP contribution in [-0.2, 0) is 4.79 Å². The summed E-state index contributed by atoms with van der Waals surface area (Å²) in [5, 5.41) is 21.4. The Morgan fingerprint density at radius 2 is 2.11 bits per heavy atom. The zero-order valence-electron chi connectivity index (χ0n) is 21.3. The van der Waals surface area contributed by atoms with E-state index < -0.39 is 22.8 Å². The number of amides is 1. The van der Waals surface area contributed by atoms with E-state index in [4.69, 9.17) is 10.00 Å². The van der Waals surface area contributed by atoms with E-state index in [-0.39, 0.29) is 40.7 Å². The van der Waals surface area contributed by atoms with Crippen molar-refractivity contribution in [3.63, 3.8) is 0 Å². The maximum atomic E-state index is 15.7. The molecule has 0 bridgehead atoms. The highest BCUT2D eigenvalue weighted by Crippen LogP contribution is 2.44. The minimum Gasteiger partial charge on any atom is -0.492 e. The van der Waals surface area contributed by atoms with Crippen molar-refractivity contribution in [2.45, 2.75) is 44.7 Å². The average molecular weight is 514 g/mol. The number of carbonyl (C=O) groups excluding carboxylic acids is 1. The summed E-state index contributed by atoms with van der Waals surface area (Å²) in [5.74, 6) is -1.85. The summed E-state index contributed by atoms with van der Waals surface area (Å²) in [6.07, 6.45) is 4.09. The number of ether oxygens (including phenoxy) is 1. The summed E-state index contributed by atoms with van der Waals surface area (Å²) in [5.41, 5.74) is -0.485. The van der Waals surface area contributed by atoms with Crippen LogP contribution in [-0.4, -0.2) is 72.8 Å². The van der Waals surface area contributed by atoms with E-state index in [1.54, 1.807) is 4.57 Å². The van der Waals surface area contributed by atoms with Gasteiger partial charge in [-0.3, -0.25) is 9.59 Å². The maximum Gasteiger partial charge on any atom is 0.341 e. The Bertz CT molecular complexity index is 1320. The van der Waals surface area contributed by atoms with Gasteiger partial charge in [0.25, 0.3) is 0 Å². The van der Waals surface area contributed by atoms with Crippen LogP contribution in [0.1, 0.15) is 49.0 Å². The van der Waals surface area contributed by atoms with Gasteiger partial charge in [0.05, 0.1) is 24.1 Å². The highest BCUT2D eigenvalue weighted by molar-refractivity contribution is 5.97. The fraction of sp³-hybridized carbons (Fsp3) is 0.538. The molecule has 1 aliphatic carbocycles. The van der Waals surface area contributed by atoms with Crippen molar-refractivity contribution in [3.8, 4) is 11.8 Å². The topological polar surface area (TPSA) is 128 Å². The first-order valence-electron chi connectivity index (χ1n) is 12.4. The second kappa shape index (κ2) is 10.8. The van der Waals surface area contributed by atoms with E-state index in [2.05, 4.69) is 16.3 Å². The van der Waals surface area contributed by atoms with Gasteiger partial charge in [0.15, 0.2) is 11.6 Å². The van der Waals surface area contributed by atoms with E-state index in [1.165, 1.54) is 20.2 Å². The summed E-state index contributed by atoms with van der Waals surface area (Å²) >= 11 is 0. The van der Waals surface area contributed by atoms with Crippen molar-refractivity contribution in [1.82, 2.24) is 14.8 Å². The molecule has 1 saturated carbocycles. The summed E-state index contributed by atoms with van der Waals surface area (Å²) < 4.78 is 23.1. The highest BCUT2D eigenvalue weighted by Gasteiger charge is 2.36. The molecule has 2 N–H and O–H groups in total. The zero-order chi connectivity index (χ0) is 26.9. The molecule has 1 aromatic carbocycles. The van der Waals surface area contributed by atoms with Gasteiger partial charge in [-0.25, -0.2) is 9.18 Å². The van der Waals surface area contributed by atoms with Crippen molar-refractivity contribution in [3.05, 3.63) is 33.9 Å². The number of fused-ring (bicyclic) bond motifs is 1. The van der Waals surface area contributed by atoms with E-state index in [0.717, 1.165) is 25.3 Å². The lowest BCUT2D eigenvalue weighted by Gasteiger charge is -2.33. The summed E-state index contributed by atoms with van der Waals surface area (Å²) in [7, 11) is 3.34. The number of pyridine rings is 1. The molecular formula is C26H32FN5O5. The summed E-state index contributed by atoms with van der Waals surface area (Å²) in [6, 6.07) is 3.24. The molecule has 2 heterocycles. The zero-order valence-corrected chi connectivity index (χ0v) is 21.3. The number of hydrogen-bond donors (Lipinski definition) is 2. The molecule has 0 spiro atoms. The van der Waals surface area contributed by atoms with Gasteiger partial charge in [-0.1, -0.05) is 0 Å². The third-order valence-electron chi connectivity index (χ3n) is 7.36. The van der Waals surface area contributed by atoms with Crippen LogP contribution < -0.4 is 20.4 Å². The van der Waals surface area contributed by atoms with Crippen LogP contribution >= 0.6 is 0 Å². The Kier molecular flexibility index (Phi) is 7.68. The predicted molar refractivity (Wildman–Crippen MR) is 136 cm³/mol. The number of aromatic carboxylic acids is 1. The van der Waals surface area contributed by atoms with E-state index in [0.29, 0.717) is 38.1 Å². The fourth-order valence-corrected chi connectivity index (χ4v) is 5.35. The molecule has 1 aliphatic heterocycles. The average Bonchev–Trinajstić information content (AvgIpc) is 3.59. The van der Waals surface area contributed by atoms with Gasteiger partial charge in [-0.15, -0.1) is 0 Å². The Morgan fingerprint density at radius 1 is 1.38 bits per heavy atom. The third kappa shape index (κ3) is 5.25. The van der Waals surface area contributed by atoms with Crippen LogP contribution in [0.3, 0.4) is 0 Å². The number of rotatable bonds is 10. The number of aromatic nitrogens is 1. The largest absolute Gasteiger partial charge is 0.492 e. The fourth-order valence-electron chi connectivity index (χ4n) is 5.35. The van der Waals surface area contributed by atoms with Gasteiger partial charge >= 0.3 is 5.97 Å². The molecule has 0 radical (unpaired) electrons. The molecule has 2 unspecified atom stereocenters. The Morgan fingerprint density at radius 3 is 2.70 bits per heavy atom. The SMILES string of the molecule is COc1c(N2CCC(C(CNC(C)=O)N(C)CCC#N)C2)c(F)cc2c(=O)c(C(=O)O)cn(C3CC3)c12. The number of carboxylic acid groups (broad SMARTS) is 1. The third-order valence-corrected chi connectivity index (χ3v) is 7.36. The molecule has 4 rings (SSSR count). The number of benzene rings is 1. The van der Waals surface area contributed by atoms with Gasteiger partial charge in [0.1, 0.15) is 11.3 Å². The monoisotopic (exact) mass is 513 g/mol. The van der Waals surface area contributed by atoms with E-state index >= 15 is 4.39 Å². The van der Waals surface area contributed by atoms with Crippen molar-refractivity contribution in [2.24, 2.45) is 5.92 Å². The minimum absolute atomic E-state index is 0.0135. The van der Waals surface area contributed by atoms with Crippen molar-refractivity contribution in [2.75, 3.05) is 45.2 Å². The van der Waals surface area contributed by atoms with Crippen LogP contribution in [0.4, 0.5) is 10.1 Å². The Balaban J connectivity index is 1.74. The lowest BCUT2D eigenvalue weighted by atomic mass is 9.97. The molecule has 1 amide bonds. The van der Waals surface area contributed by atoms with Crippen molar-refractivity contribution in [1.29, 1.82) is 5.26 Å². The number of likely N-dealkylation sites (N-methyl/N-ethyl adjacent to an activating group) is 1. The smallest absolute Gasteiger partial charge is 0.341 e. The molecule has 37 heavy (non-hydrogen) atoms. The molecular weight excluding hydrogens is 481 g/mol. The minimum atomic E-state index is -1.35. The molecule has 1 aromatic heterocycles. The lowest BCUT2D eigenvalue weighted by molar-refractivity contribution is -0.119. The number of halogens is 1. The van der Waals surface area contributed by atoms with Crippen LogP contribution in [0.5, 0.6) is 5.75 Å². The molecule has 2 aliphatic rings. The molecule has 2 aromatic rings. The summed E-state index contributed by atoms with van der Waals surface area (Å²) in [6.45, 7) is 3.43. The van der Waals surface area contributed by atoms with Gasteiger partial charge in [-0.05, 0) is 38.3 Å². The second-order valence-corrected chi connectivity index (χ2v) is 9.84. The van der Waals surface area contributed by atoms with Gasteiger partial charge in [0.2, 0.25) is 11.3 Å². The number of carbonyl (C=O) groups is 2. The summed E-state index contributed by atoms with van der Waals surface area (Å²) in [4.78, 5) is 40.2. The number of nitrogens with zero attached hydrogens (tertiary/aromatic N) is 4. The predicted octanol–water partition coefficient (Wildman–Crippen LogP) is 2.36. The van der Waals surface area contributed by atoms with E-state index in [1.807, 2.05) is 11.9 Å². The highest BCUT2D eigenvalue weighted by atomic mass is 19.1. The number of anilines is 1. The molecule has 1 saturated heterocycles. The normalized spacial score (nSPS) is 18.2. The van der Waals surface area contributed by atoms with Crippen LogP contribution in [0.25, 0.3) is 10.9 Å². The van der Waals surface area contributed by atoms with Gasteiger partial charge < -0.3 is 29.5 Å². The molecule has 10 nitrogen and oxygen atoms in total. The van der Waals surface area contributed by atoms with E-state index in [9.17, 15) is 19.5 Å². The van der Waals surface area contributed by atoms with Crippen molar-refractivity contribution < 1.29 is 23.8 Å².